The first-order valence-corrected chi connectivity index (χ1v) is 22.2. The van der Waals surface area contributed by atoms with Crippen molar-refractivity contribution < 1.29 is 46.9 Å². The molecule has 65 heavy (non-hydrogen) atoms. The molecule has 2 aromatic heterocycles. The first kappa shape index (κ1) is 43.8. The molecule has 1 aliphatic carbocycles. The number of likely N-dealkylation sites (tertiary alicyclic amines) is 2. The lowest BCUT2D eigenvalue weighted by Gasteiger charge is -2.35. The maximum absolute atomic E-state index is 15.0. The van der Waals surface area contributed by atoms with E-state index in [0.717, 1.165) is 46.2 Å². The lowest BCUT2D eigenvalue weighted by Crippen LogP contribution is -2.51. The van der Waals surface area contributed by atoms with E-state index in [4.69, 9.17) is 18.9 Å². The Morgan fingerprint density at radius 3 is 1.71 bits per heavy atom. The maximum atomic E-state index is 15.0. The minimum Gasteiger partial charge on any atom is -0.488 e. The second-order valence-electron chi connectivity index (χ2n) is 18.2. The molecule has 9 rings (SSSR count). The minimum absolute atomic E-state index is 0.0699. The van der Waals surface area contributed by atoms with Gasteiger partial charge in [0.15, 0.2) is 0 Å². The molecule has 2 saturated heterocycles. The Kier molecular flexibility index (Phi) is 11.8. The molecule has 4 aliphatic heterocycles. The summed E-state index contributed by atoms with van der Waals surface area (Å²) in [6, 6.07) is 8.86. The van der Waals surface area contributed by atoms with E-state index >= 15 is 0 Å². The van der Waals surface area contributed by atoms with Crippen LogP contribution < -0.4 is 20.1 Å². The van der Waals surface area contributed by atoms with Crippen molar-refractivity contribution in [2.45, 2.75) is 96.0 Å². The normalized spacial score (nSPS) is 23.3. The number of ether oxygens (including phenoxy) is 4. The summed E-state index contributed by atoms with van der Waals surface area (Å²) in [4.78, 5) is 70.3. The molecule has 4 amide bonds. The molecule has 344 valence electrons. The predicted molar refractivity (Wildman–Crippen MR) is 234 cm³/mol. The van der Waals surface area contributed by atoms with Gasteiger partial charge in [-0.3, -0.25) is 9.59 Å². The number of rotatable bonds is 11. The van der Waals surface area contributed by atoms with Gasteiger partial charge in [-0.05, 0) is 36.8 Å². The van der Waals surface area contributed by atoms with Crippen LogP contribution in [0.25, 0.3) is 33.7 Å². The number of alkyl carbamates (subject to hydrolysis) is 2. The molecule has 7 atom stereocenters. The summed E-state index contributed by atoms with van der Waals surface area (Å²) < 4.78 is 52.8. The van der Waals surface area contributed by atoms with Crippen molar-refractivity contribution in [2.24, 2.45) is 17.8 Å². The summed E-state index contributed by atoms with van der Waals surface area (Å²) in [5.41, 5.74) is 6.98. The van der Waals surface area contributed by atoms with Gasteiger partial charge in [-0.1, -0.05) is 52.0 Å². The van der Waals surface area contributed by atoms with Gasteiger partial charge in [-0.25, -0.2) is 28.3 Å². The van der Waals surface area contributed by atoms with Crippen molar-refractivity contribution >= 4 is 35.1 Å². The Morgan fingerprint density at radius 1 is 0.738 bits per heavy atom. The molecular weight excluding hydrogens is 843 g/mol. The Bertz CT molecular complexity index is 2530. The van der Waals surface area contributed by atoms with Crippen molar-refractivity contribution in [2.75, 3.05) is 33.9 Å². The third kappa shape index (κ3) is 8.38. The Hall–Kier alpha value is -6.46. The number of fused-ring (bicyclic) bond motifs is 4. The fourth-order valence-electron chi connectivity index (χ4n) is 9.57. The van der Waals surface area contributed by atoms with Crippen LogP contribution in [0.3, 0.4) is 0 Å². The van der Waals surface area contributed by atoms with E-state index < -0.39 is 60.5 Å². The average molecular weight is 897 g/mol. The van der Waals surface area contributed by atoms with E-state index in [2.05, 4.69) is 30.6 Å². The highest BCUT2D eigenvalue weighted by atomic mass is 19.1. The predicted octanol–water partition coefficient (Wildman–Crippen LogP) is 6.93. The van der Waals surface area contributed by atoms with E-state index in [1.54, 1.807) is 40.1 Å². The first-order valence-electron chi connectivity index (χ1n) is 22.2. The number of nitrogens with one attached hydrogen (secondary N) is 4. The van der Waals surface area contributed by atoms with E-state index in [0.29, 0.717) is 47.1 Å². The van der Waals surface area contributed by atoms with Gasteiger partial charge in [0.05, 0.1) is 63.2 Å². The molecular formula is C47H54F2N8O8. The van der Waals surface area contributed by atoms with E-state index in [9.17, 15) is 28.0 Å². The van der Waals surface area contributed by atoms with Crippen molar-refractivity contribution in [3.63, 3.8) is 0 Å². The van der Waals surface area contributed by atoms with E-state index in [1.807, 2.05) is 36.4 Å². The number of alkyl halides is 2. The SMILES string of the molecule is COC(=O)NC(C(=O)N1C[C@H](F)C[C@H]1c1ncc(-c2ccc3c(c2)OC(C2CC2)C2=C3COc3cc(-c4cnc([C@@H]5C[C@@H](F)CN5C(=O)C(NC(=O)OC)C(C)C)[nH]4)ccc32)[nH]1)C(C)C. The van der Waals surface area contributed by atoms with Crippen molar-refractivity contribution in [1.29, 1.82) is 0 Å². The zero-order chi connectivity index (χ0) is 45.8. The summed E-state index contributed by atoms with van der Waals surface area (Å²) in [6.45, 7) is 7.31. The number of hydrogen-bond acceptors (Lipinski definition) is 10. The molecule has 0 radical (unpaired) electrons. The number of nitrogens with zero attached hydrogens (tertiary/aromatic N) is 4. The van der Waals surface area contributed by atoms with Crippen LogP contribution in [0.1, 0.15) is 88.2 Å². The molecule has 0 spiro atoms. The smallest absolute Gasteiger partial charge is 0.407 e. The highest BCUT2D eigenvalue weighted by Gasteiger charge is 2.45. The molecule has 3 fully saturated rings. The highest BCUT2D eigenvalue weighted by molar-refractivity contribution is 6.00. The number of carbonyl (C=O) groups is 4. The van der Waals surface area contributed by atoms with E-state index in [1.165, 1.54) is 24.0 Å². The van der Waals surface area contributed by atoms with Crippen LogP contribution in [0, 0.1) is 17.8 Å². The second kappa shape index (κ2) is 17.5. The number of hydrogen-bond donors (Lipinski definition) is 4. The Balaban J connectivity index is 0.954. The zero-order valence-electron chi connectivity index (χ0n) is 37.2. The number of benzene rings is 2. The largest absolute Gasteiger partial charge is 0.488 e. The van der Waals surface area contributed by atoms with Crippen LogP contribution in [-0.4, -0.2) is 118 Å². The van der Waals surface area contributed by atoms with Crippen molar-refractivity contribution in [3.05, 3.63) is 71.6 Å². The summed E-state index contributed by atoms with van der Waals surface area (Å²) in [7, 11) is 2.45. The number of halogens is 2. The van der Waals surface area contributed by atoms with Gasteiger partial charge in [-0.2, -0.15) is 0 Å². The maximum Gasteiger partial charge on any atom is 0.407 e. The Labute approximate surface area is 374 Å². The topological polar surface area (TPSA) is 193 Å². The molecule has 5 aliphatic rings. The van der Waals surface area contributed by atoms with Crippen LogP contribution in [0.5, 0.6) is 11.5 Å². The van der Waals surface area contributed by atoms with Gasteiger partial charge in [-0.15, -0.1) is 0 Å². The van der Waals surface area contributed by atoms with Crippen molar-refractivity contribution in [1.82, 2.24) is 40.4 Å². The summed E-state index contributed by atoms with van der Waals surface area (Å²) in [6.07, 6.45) is 1.38. The molecule has 2 aromatic carbocycles. The van der Waals surface area contributed by atoms with Crippen molar-refractivity contribution in [3.8, 4) is 34.0 Å². The third-order valence-corrected chi connectivity index (χ3v) is 13.2. The lowest BCUT2D eigenvalue weighted by atomic mass is 9.84. The molecule has 18 heteroatoms. The first-order chi connectivity index (χ1) is 31.2. The fourth-order valence-corrected chi connectivity index (χ4v) is 9.57. The number of methoxy groups -OCH3 is 2. The number of imidazole rings is 2. The number of H-pyrrole nitrogens is 2. The van der Waals surface area contributed by atoms with E-state index in [-0.39, 0.29) is 43.9 Å². The molecule has 0 bridgehead atoms. The van der Waals surface area contributed by atoms with Crippen LogP contribution in [0.15, 0.2) is 48.8 Å². The lowest BCUT2D eigenvalue weighted by molar-refractivity contribution is -0.136. The molecule has 6 heterocycles. The number of aromatic amines is 2. The summed E-state index contributed by atoms with van der Waals surface area (Å²) >= 11 is 0. The number of carbonyl (C=O) groups excluding carboxylic acids is 4. The fraction of sp³-hybridized carbons (Fsp3) is 0.489. The molecule has 4 N–H and O–H groups in total. The van der Waals surface area contributed by atoms with Gasteiger partial charge >= 0.3 is 12.2 Å². The van der Waals surface area contributed by atoms with Gasteiger partial charge < -0.3 is 49.3 Å². The van der Waals surface area contributed by atoms with Gasteiger partial charge in [0, 0.05) is 52.2 Å². The van der Waals surface area contributed by atoms with Crippen LogP contribution in [0.4, 0.5) is 18.4 Å². The standard InChI is InChI=1S/C47H54F2N8O8/c1-22(2)39(54-46(60)62-5)44(58)56-19-27(48)15-34(56)42-50-17-32(52-42)25-10-12-30-36(13-25)64-21-31-29-11-9-26(14-37(29)65-41(38(30)31)24-7-8-24)33-18-51-43(53-33)35-16-28(49)20-57(35)45(59)40(23(3)4)55-47(61)63-6/h9-14,17-18,22-24,27-28,34-35,39-41H,7-8,15-16,19-21H2,1-6H3,(H,50,52)(H,51,53)(H,54,60)(H,55,61)/t27-,28-,34+,35+,39?,40?,41?/m1/s1. The second-order valence-corrected chi connectivity index (χ2v) is 18.2. The van der Waals surface area contributed by atoms with Crippen LogP contribution in [0.2, 0.25) is 0 Å². The average Bonchev–Trinajstić information content (AvgIpc) is 3.62. The van der Waals surface area contributed by atoms with Gasteiger partial charge in [0.2, 0.25) is 11.8 Å². The van der Waals surface area contributed by atoms with Gasteiger partial charge in [0.25, 0.3) is 0 Å². The molecule has 4 aromatic rings. The number of amides is 4. The molecule has 16 nitrogen and oxygen atoms in total. The van der Waals surface area contributed by atoms with Crippen LogP contribution in [-0.2, 0) is 19.1 Å². The van der Waals surface area contributed by atoms with Gasteiger partial charge in [0.1, 0.15) is 60.3 Å². The number of aromatic nitrogens is 4. The summed E-state index contributed by atoms with van der Waals surface area (Å²) in [5, 5.41) is 5.19. The van der Waals surface area contributed by atoms with Crippen LogP contribution >= 0.6 is 0 Å². The monoisotopic (exact) mass is 896 g/mol. The molecule has 3 unspecified atom stereocenters. The summed E-state index contributed by atoms with van der Waals surface area (Å²) in [5.74, 6) is 1.31. The Morgan fingerprint density at radius 2 is 1.23 bits per heavy atom. The minimum atomic E-state index is -1.25. The highest BCUT2D eigenvalue weighted by Crippen LogP contribution is 2.52. The quantitative estimate of drug-likeness (QED) is 0.123. The third-order valence-electron chi connectivity index (χ3n) is 13.2. The molecule has 1 saturated carbocycles. The zero-order valence-corrected chi connectivity index (χ0v) is 37.2.